The first kappa shape index (κ1) is 38.7. The molecule has 18 heteroatoms. The van der Waals surface area contributed by atoms with Gasteiger partial charge in [0.15, 0.2) is 23.0 Å². The average molecular weight is 776 g/mol. The highest BCUT2D eigenvalue weighted by molar-refractivity contribution is 6.34. The Morgan fingerprint density at radius 2 is 1.91 bits per heavy atom. The van der Waals surface area contributed by atoms with Crippen LogP contribution in [-0.2, 0) is 4.79 Å². The van der Waals surface area contributed by atoms with E-state index in [1.54, 1.807) is 6.07 Å². The molecule has 4 heterocycles. The molecule has 2 fully saturated rings. The number of anilines is 2. The molecule has 288 valence electrons. The van der Waals surface area contributed by atoms with Crippen LogP contribution in [0.2, 0.25) is 5.02 Å². The third-order valence-electron chi connectivity index (χ3n) is 10.0. The number of carboxylic acid groups (broad SMARTS) is 1. The number of imide groups is 1. The number of piperidine rings is 1. The fourth-order valence-electron chi connectivity index (χ4n) is 7.21. The number of nitrogens with zero attached hydrogens (tertiary/aromatic N) is 5. The zero-order valence-corrected chi connectivity index (χ0v) is 30.1. The van der Waals surface area contributed by atoms with Gasteiger partial charge in [-0.05, 0) is 49.7 Å². The fraction of sp³-hybridized carbons (Fsp3) is 0.417. The van der Waals surface area contributed by atoms with Crippen molar-refractivity contribution in [2.75, 3.05) is 58.2 Å². The smallest absolute Gasteiger partial charge is 0.414 e. The second-order valence-corrected chi connectivity index (χ2v) is 14.2. The van der Waals surface area contributed by atoms with Gasteiger partial charge in [0, 0.05) is 68.0 Å². The lowest BCUT2D eigenvalue weighted by Crippen LogP contribution is -2.54. The van der Waals surface area contributed by atoms with Crippen LogP contribution in [0.3, 0.4) is 0 Å². The van der Waals surface area contributed by atoms with Gasteiger partial charge < -0.3 is 30.3 Å². The zero-order valence-electron chi connectivity index (χ0n) is 29.3. The Hall–Kier alpha value is -5.00. The molecule has 2 aliphatic heterocycles. The van der Waals surface area contributed by atoms with Crippen LogP contribution in [0.25, 0.3) is 16.9 Å². The fourth-order valence-corrected chi connectivity index (χ4v) is 7.47. The van der Waals surface area contributed by atoms with Gasteiger partial charge in [0.05, 0.1) is 49.2 Å². The molecule has 0 spiro atoms. The first-order chi connectivity index (χ1) is 25.8. The summed E-state index contributed by atoms with van der Waals surface area (Å²) in [6, 6.07) is 6.51. The van der Waals surface area contributed by atoms with Gasteiger partial charge in [-0.1, -0.05) is 11.6 Å². The molecular weight excluding hydrogens is 736 g/mol. The number of amides is 3. The lowest BCUT2D eigenvalue weighted by Gasteiger charge is -2.42. The van der Waals surface area contributed by atoms with Crippen molar-refractivity contribution < 1.29 is 46.3 Å². The minimum atomic E-state index is -3.33. The molecule has 1 unspecified atom stereocenters. The minimum Gasteiger partial charge on any atom is -0.465 e. The summed E-state index contributed by atoms with van der Waals surface area (Å²) in [7, 11) is 2.21. The van der Waals surface area contributed by atoms with E-state index in [1.165, 1.54) is 35.1 Å². The number of fused-ring (bicyclic) bond motifs is 1. The van der Waals surface area contributed by atoms with E-state index in [9.17, 15) is 37.1 Å². The standard InChI is InChI=1S/C36H39ClF4N8O5/c1-49(20-21-7-11-42-18-21)15-8-22(9-16-49)34(51)48(36(52)53)13-2-10-44-33(50)24-4-3-23(17-26(24)37)46-31-32-45-19-27(47(32)14-12-43-31)25-5-6-28(54-35(40)41)30(39)29(25)38/h3-6,12,14,17,19,21-22,35,42H,2,7-11,13,15-16,18,20H2,1H3,(H2-,43,44,46,50,52,53)/p+1. The highest BCUT2D eigenvalue weighted by Crippen LogP contribution is 2.33. The molecule has 2 aromatic heterocycles. The maximum Gasteiger partial charge on any atom is 0.414 e. The number of quaternary nitrogens is 1. The Bertz CT molecular complexity index is 2020. The van der Waals surface area contributed by atoms with Crippen molar-refractivity contribution in [1.82, 2.24) is 29.9 Å². The number of hydrogen-bond donors (Lipinski definition) is 4. The summed E-state index contributed by atoms with van der Waals surface area (Å²) in [5.74, 6) is -4.33. The first-order valence-corrected chi connectivity index (χ1v) is 17.9. The summed E-state index contributed by atoms with van der Waals surface area (Å²) in [5.41, 5.74) is 0.639. The second kappa shape index (κ2) is 16.6. The van der Waals surface area contributed by atoms with Crippen molar-refractivity contribution in [1.29, 1.82) is 0 Å². The van der Waals surface area contributed by atoms with E-state index in [0.29, 0.717) is 24.4 Å². The van der Waals surface area contributed by atoms with Gasteiger partial charge in [-0.2, -0.15) is 13.2 Å². The highest BCUT2D eigenvalue weighted by Gasteiger charge is 2.38. The molecular formula is C36H40ClF4N8O5+. The molecule has 1 atom stereocenters. The second-order valence-electron chi connectivity index (χ2n) is 13.8. The molecule has 13 nitrogen and oxygen atoms in total. The van der Waals surface area contributed by atoms with Gasteiger partial charge in [0.1, 0.15) is 0 Å². The molecule has 6 rings (SSSR count). The van der Waals surface area contributed by atoms with Crippen molar-refractivity contribution in [2.45, 2.75) is 32.3 Å². The monoisotopic (exact) mass is 775 g/mol. The predicted molar refractivity (Wildman–Crippen MR) is 191 cm³/mol. The van der Waals surface area contributed by atoms with Gasteiger partial charge in [-0.3, -0.25) is 14.0 Å². The number of likely N-dealkylation sites (tertiary alicyclic amines) is 1. The lowest BCUT2D eigenvalue weighted by molar-refractivity contribution is -0.917. The number of alkyl halides is 2. The van der Waals surface area contributed by atoms with Crippen LogP contribution in [0.15, 0.2) is 48.9 Å². The molecule has 3 amide bonds. The van der Waals surface area contributed by atoms with Crippen LogP contribution in [-0.4, -0.2) is 106 Å². The van der Waals surface area contributed by atoms with Gasteiger partial charge in [0.25, 0.3) is 5.91 Å². The van der Waals surface area contributed by atoms with Crippen LogP contribution < -0.4 is 20.7 Å². The number of rotatable bonds is 13. The Kier molecular flexibility index (Phi) is 11.9. The topological polar surface area (TPSA) is 150 Å². The van der Waals surface area contributed by atoms with Gasteiger partial charge in [-0.25, -0.2) is 24.1 Å². The molecule has 2 saturated heterocycles. The Morgan fingerprint density at radius 3 is 2.59 bits per heavy atom. The van der Waals surface area contributed by atoms with E-state index in [2.05, 4.69) is 37.7 Å². The summed E-state index contributed by atoms with van der Waals surface area (Å²) in [6.07, 6.45) is 5.41. The van der Waals surface area contributed by atoms with E-state index in [0.717, 1.165) is 60.7 Å². The molecule has 2 aromatic carbocycles. The summed E-state index contributed by atoms with van der Waals surface area (Å²) < 4.78 is 60.8. The largest absolute Gasteiger partial charge is 0.465 e. The number of halogens is 5. The lowest BCUT2D eigenvalue weighted by atomic mass is 9.92. The van der Waals surface area contributed by atoms with Crippen molar-refractivity contribution >= 4 is 46.7 Å². The summed E-state index contributed by atoms with van der Waals surface area (Å²) in [5, 5.41) is 19.0. The number of nitrogens with one attached hydrogen (secondary N) is 3. The number of imidazole rings is 1. The number of ether oxygens (including phenoxy) is 1. The van der Waals surface area contributed by atoms with Crippen molar-refractivity contribution in [3.63, 3.8) is 0 Å². The number of aromatic nitrogens is 3. The van der Waals surface area contributed by atoms with E-state index in [4.69, 9.17) is 11.6 Å². The molecule has 54 heavy (non-hydrogen) atoms. The van der Waals surface area contributed by atoms with Crippen LogP contribution >= 0.6 is 11.6 Å². The van der Waals surface area contributed by atoms with E-state index in [-0.39, 0.29) is 58.7 Å². The van der Waals surface area contributed by atoms with Crippen LogP contribution in [0.1, 0.15) is 36.0 Å². The average Bonchev–Trinajstić information content (AvgIpc) is 3.80. The summed E-state index contributed by atoms with van der Waals surface area (Å²) in [6.45, 7) is 1.46. The molecule has 4 N–H and O–H groups in total. The van der Waals surface area contributed by atoms with Gasteiger partial charge in [0.2, 0.25) is 11.7 Å². The quantitative estimate of drug-likeness (QED) is 0.0755. The number of benzene rings is 2. The minimum absolute atomic E-state index is 0.0601. The Balaban J connectivity index is 1.03. The first-order valence-electron chi connectivity index (χ1n) is 17.5. The number of carbonyl (C=O) groups excluding carboxylic acids is 2. The third-order valence-corrected chi connectivity index (χ3v) is 10.3. The summed E-state index contributed by atoms with van der Waals surface area (Å²) in [4.78, 5) is 47.6. The number of hydrogen-bond acceptors (Lipinski definition) is 8. The Labute approximate surface area is 312 Å². The van der Waals surface area contributed by atoms with Gasteiger partial charge in [-0.15, -0.1) is 0 Å². The molecule has 0 radical (unpaired) electrons. The van der Waals surface area contributed by atoms with E-state index >= 15 is 0 Å². The van der Waals surface area contributed by atoms with Crippen LogP contribution in [0.4, 0.5) is 33.9 Å². The van der Waals surface area contributed by atoms with Crippen molar-refractivity contribution in [3.05, 3.63) is 71.1 Å². The molecule has 2 aliphatic rings. The van der Waals surface area contributed by atoms with Gasteiger partial charge >= 0.3 is 12.7 Å². The highest BCUT2D eigenvalue weighted by atomic mass is 35.5. The molecule has 4 aromatic rings. The SMILES string of the molecule is C[N+]1(CC2CCNC2)CCC(C(=O)N(CCCNC(=O)c2ccc(Nc3nccn4c(-c5ccc(OC(F)F)c(F)c5F)cnc34)cc2Cl)C(=O)O)CC1. The van der Waals surface area contributed by atoms with Crippen molar-refractivity contribution in [2.24, 2.45) is 11.8 Å². The maximum absolute atomic E-state index is 14.9. The third kappa shape index (κ3) is 8.69. The Morgan fingerprint density at radius 1 is 1.13 bits per heavy atom. The van der Waals surface area contributed by atoms with Crippen LogP contribution in [0, 0.1) is 23.5 Å². The zero-order chi connectivity index (χ0) is 38.6. The molecule has 0 saturated carbocycles. The maximum atomic E-state index is 14.9. The normalized spacial score (nSPS) is 19.9. The van der Waals surface area contributed by atoms with Crippen LogP contribution in [0.5, 0.6) is 5.75 Å². The van der Waals surface area contributed by atoms with Crippen molar-refractivity contribution in [3.8, 4) is 17.0 Å². The van der Waals surface area contributed by atoms with E-state index in [1.807, 2.05) is 0 Å². The molecule has 0 aliphatic carbocycles. The molecule has 0 bridgehead atoms. The predicted octanol–water partition coefficient (Wildman–Crippen LogP) is 5.77. The number of carbonyl (C=O) groups is 3. The van der Waals surface area contributed by atoms with E-state index < -0.39 is 41.9 Å². The summed E-state index contributed by atoms with van der Waals surface area (Å²) >= 11 is 6.46.